The second-order valence-corrected chi connectivity index (χ2v) is 4.81. The molecule has 0 aliphatic carbocycles. The molecule has 1 aromatic rings. The monoisotopic (exact) mass is 253 g/mol. The predicted molar refractivity (Wildman–Crippen MR) is 66.5 cm³/mol. The number of H-pyrrole nitrogens is 1. The van der Waals surface area contributed by atoms with E-state index in [1.807, 2.05) is 13.8 Å². The van der Waals surface area contributed by atoms with Gasteiger partial charge in [0.1, 0.15) is 11.2 Å². The number of hydrogen-bond acceptors (Lipinski definition) is 3. The minimum atomic E-state index is -1.27. The normalized spacial score (nSPS) is 14.3. The highest BCUT2D eigenvalue weighted by Gasteiger charge is 2.33. The van der Waals surface area contributed by atoms with Crippen molar-refractivity contribution in [2.45, 2.75) is 45.6 Å². The largest absolute Gasteiger partial charge is 0.480 e. The summed E-state index contributed by atoms with van der Waals surface area (Å²) in [4.78, 5) is 23.0. The third-order valence-corrected chi connectivity index (χ3v) is 3.02. The molecule has 3 N–H and O–H groups in total. The van der Waals surface area contributed by atoms with Crippen LogP contribution in [0.4, 0.5) is 0 Å². The number of nitrogens with one attached hydrogen (secondary N) is 2. The minimum Gasteiger partial charge on any atom is -0.480 e. The summed E-state index contributed by atoms with van der Waals surface area (Å²) in [5.74, 6) is -1.31. The van der Waals surface area contributed by atoms with E-state index in [0.29, 0.717) is 6.42 Å². The topological polar surface area (TPSA) is 95.1 Å². The molecule has 0 saturated heterocycles. The second-order valence-electron chi connectivity index (χ2n) is 4.81. The van der Waals surface area contributed by atoms with E-state index in [9.17, 15) is 9.59 Å². The minimum absolute atomic E-state index is 0.208. The van der Waals surface area contributed by atoms with Gasteiger partial charge in [0.05, 0.1) is 0 Å². The molecule has 0 radical (unpaired) electrons. The molecule has 1 heterocycles. The van der Waals surface area contributed by atoms with Crippen molar-refractivity contribution in [2.24, 2.45) is 0 Å². The Balaban J connectivity index is 2.84. The molecule has 6 heteroatoms. The highest BCUT2D eigenvalue weighted by Crippen LogP contribution is 2.14. The second kappa shape index (κ2) is 5.20. The van der Waals surface area contributed by atoms with Gasteiger partial charge in [0.2, 0.25) is 0 Å². The molecule has 0 aromatic carbocycles. The van der Waals surface area contributed by atoms with Crippen LogP contribution in [0.3, 0.4) is 0 Å². The molecule has 1 unspecified atom stereocenters. The van der Waals surface area contributed by atoms with E-state index >= 15 is 0 Å². The van der Waals surface area contributed by atoms with Crippen LogP contribution in [0.1, 0.15) is 56.2 Å². The fourth-order valence-electron chi connectivity index (χ4n) is 1.36. The molecule has 1 atom stereocenters. The van der Waals surface area contributed by atoms with Gasteiger partial charge in [-0.05, 0) is 25.3 Å². The van der Waals surface area contributed by atoms with Crippen LogP contribution in [-0.2, 0) is 4.79 Å². The van der Waals surface area contributed by atoms with Gasteiger partial charge in [0.15, 0.2) is 0 Å². The molecule has 0 spiro atoms. The van der Waals surface area contributed by atoms with E-state index in [1.165, 1.54) is 6.92 Å². The Kier molecular flexibility index (Phi) is 4.11. The molecule has 1 amide bonds. The van der Waals surface area contributed by atoms with E-state index in [0.717, 1.165) is 5.69 Å². The highest BCUT2D eigenvalue weighted by atomic mass is 16.4. The molecule has 1 aromatic heterocycles. The zero-order chi connectivity index (χ0) is 13.9. The standard InChI is InChI=1S/C12H19N3O3/c1-5-12(4,11(17)18)13-10(16)9-6-8(7(2)3)14-15-9/h6-7H,5H2,1-4H3,(H,13,16)(H,14,15)(H,17,18). The van der Waals surface area contributed by atoms with E-state index in [2.05, 4.69) is 15.5 Å². The van der Waals surface area contributed by atoms with Crippen molar-refractivity contribution in [3.05, 3.63) is 17.5 Å². The summed E-state index contributed by atoms with van der Waals surface area (Å²) in [6.45, 7) is 7.13. The number of aromatic amines is 1. The average Bonchev–Trinajstić information content (AvgIpc) is 2.77. The number of aromatic nitrogens is 2. The van der Waals surface area contributed by atoms with Gasteiger partial charge in [-0.1, -0.05) is 20.8 Å². The first-order chi connectivity index (χ1) is 8.30. The molecular formula is C12H19N3O3. The summed E-state index contributed by atoms with van der Waals surface area (Å²) < 4.78 is 0. The molecular weight excluding hydrogens is 234 g/mol. The highest BCUT2D eigenvalue weighted by molar-refractivity contribution is 5.96. The van der Waals surface area contributed by atoms with Gasteiger partial charge in [0, 0.05) is 5.69 Å². The number of nitrogens with zero attached hydrogens (tertiary/aromatic N) is 1. The maximum atomic E-state index is 11.9. The predicted octanol–water partition coefficient (Wildman–Crippen LogP) is 1.52. The van der Waals surface area contributed by atoms with Crippen LogP contribution in [0.5, 0.6) is 0 Å². The summed E-state index contributed by atoms with van der Waals surface area (Å²) in [6, 6.07) is 1.64. The Labute approximate surface area is 106 Å². The maximum absolute atomic E-state index is 11.9. The van der Waals surface area contributed by atoms with Crippen molar-refractivity contribution in [2.75, 3.05) is 0 Å². The first kappa shape index (κ1) is 14.2. The zero-order valence-corrected chi connectivity index (χ0v) is 11.1. The van der Waals surface area contributed by atoms with Crippen molar-refractivity contribution in [1.82, 2.24) is 15.5 Å². The SMILES string of the molecule is CCC(C)(NC(=O)c1cc(C(C)C)[nH]n1)C(=O)O. The van der Waals surface area contributed by atoms with Crippen LogP contribution in [0.15, 0.2) is 6.07 Å². The summed E-state index contributed by atoms with van der Waals surface area (Å²) in [6.07, 6.45) is 0.301. The van der Waals surface area contributed by atoms with Gasteiger partial charge >= 0.3 is 5.97 Å². The molecule has 0 saturated carbocycles. The summed E-state index contributed by atoms with van der Waals surface area (Å²) in [7, 11) is 0. The average molecular weight is 253 g/mol. The Morgan fingerprint density at radius 3 is 2.56 bits per heavy atom. The lowest BCUT2D eigenvalue weighted by molar-refractivity contribution is -0.143. The molecule has 18 heavy (non-hydrogen) atoms. The molecule has 0 bridgehead atoms. The Hall–Kier alpha value is -1.85. The number of carbonyl (C=O) groups is 2. The Bertz CT molecular complexity index is 453. The zero-order valence-electron chi connectivity index (χ0n) is 11.1. The summed E-state index contributed by atoms with van der Waals surface area (Å²) in [5, 5.41) is 18.2. The number of carboxylic acid groups (broad SMARTS) is 1. The fourth-order valence-corrected chi connectivity index (χ4v) is 1.36. The molecule has 0 aliphatic heterocycles. The van der Waals surface area contributed by atoms with Crippen LogP contribution < -0.4 is 5.32 Å². The van der Waals surface area contributed by atoms with E-state index < -0.39 is 17.4 Å². The molecule has 1 rings (SSSR count). The van der Waals surface area contributed by atoms with Crippen molar-refractivity contribution in [3.63, 3.8) is 0 Å². The number of carboxylic acids is 1. The maximum Gasteiger partial charge on any atom is 0.329 e. The fraction of sp³-hybridized carbons (Fsp3) is 0.583. The Morgan fingerprint density at radius 1 is 1.56 bits per heavy atom. The number of hydrogen-bond donors (Lipinski definition) is 3. The lowest BCUT2D eigenvalue weighted by Crippen LogP contribution is -2.51. The van der Waals surface area contributed by atoms with E-state index in [-0.39, 0.29) is 11.6 Å². The molecule has 0 aliphatic rings. The first-order valence-corrected chi connectivity index (χ1v) is 5.91. The third-order valence-electron chi connectivity index (χ3n) is 3.02. The van der Waals surface area contributed by atoms with E-state index in [1.54, 1.807) is 13.0 Å². The molecule has 0 fully saturated rings. The van der Waals surface area contributed by atoms with Crippen molar-refractivity contribution >= 4 is 11.9 Å². The van der Waals surface area contributed by atoms with Crippen molar-refractivity contribution in [3.8, 4) is 0 Å². The molecule has 6 nitrogen and oxygen atoms in total. The number of amides is 1. The lowest BCUT2D eigenvalue weighted by Gasteiger charge is -2.23. The van der Waals surface area contributed by atoms with Crippen LogP contribution in [0, 0.1) is 0 Å². The van der Waals surface area contributed by atoms with Crippen LogP contribution in [0.2, 0.25) is 0 Å². The Morgan fingerprint density at radius 2 is 2.17 bits per heavy atom. The van der Waals surface area contributed by atoms with Gasteiger partial charge < -0.3 is 10.4 Å². The number of aliphatic carboxylic acids is 1. The van der Waals surface area contributed by atoms with Gasteiger partial charge in [-0.2, -0.15) is 5.10 Å². The van der Waals surface area contributed by atoms with Crippen LogP contribution in [0.25, 0.3) is 0 Å². The lowest BCUT2D eigenvalue weighted by atomic mass is 9.99. The first-order valence-electron chi connectivity index (χ1n) is 5.91. The van der Waals surface area contributed by atoms with Gasteiger partial charge in [-0.25, -0.2) is 4.79 Å². The smallest absolute Gasteiger partial charge is 0.329 e. The summed E-state index contributed by atoms with van der Waals surface area (Å²) >= 11 is 0. The van der Waals surface area contributed by atoms with Gasteiger partial charge in [-0.3, -0.25) is 9.89 Å². The van der Waals surface area contributed by atoms with E-state index in [4.69, 9.17) is 5.11 Å². The van der Waals surface area contributed by atoms with Crippen LogP contribution >= 0.6 is 0 Å². The van der Waals surface area contributed by atoms with Gasteiger partial charge in [-0.15, -0.1) is 0 Å². The van der Waals surface area contributed by atoms with Crippen LogP contribution in [-0.4, -0.2) is 32.7 Å². The number of carbonyl (C=O) groups excluding carboxylic acids is 1. The van der Waals surface area contributed by atoms with Crippen molar-refractivity contribution in [1.29, 1.82) is 0 Å². The summed E-state index contributed by atoms with van der Waals surface area (Å²) in [5.41, 5.74) is -0.220. The quantitative estimate of drug-likeness (QED) is 0.741. The third kappa shape index (κ3) is 2.88. The van der Waals surface area contributed by atoms with Gasteiger partial charge in [0.25, 0.3) is 5.91 Å². The van der Waals surface area contributed by atoms with Crippen molar-refractivity contribution < 1.29 is 14.7 Å². The molecule has 100 valence electrons. The number of rotatable bonds is 5.